The van der Waals surface area contributed by atoms with E-state index in [1.165, 1.54) is 12.1 Å². The molecule has 0 atom stereocenters. The zero-order valence-corrected chi connectivity index (χ0v) is 16.3. The summed E-state index contributed by atoms with van der Waals surface area (Å²) in [5, 5.41) is -0.0676. The maximum atomic E-state index is 12.6. The minimum absolute atomic E-state index is 0.0238. The number of ether oxygens (including phenoxy) is 1. The molecule has 3 rings (SSSR count). The first-order valence-electron chi connectivity index (χ1n) is 7.98. The minimum Gasteiger partial charge on any atom is -0.437 e. The van der Waals surface area contributed by atoms with E-state index in [-0.39, 0.29) is 22.5 Å². The summed E-state index contributed by atoms with van der Waals surface area (Å²) in [6.45, 7) is 0. The van der Waals surface area contributed by atoms with Crippen LogP contribution in [0.25, 0.3) is 0 Å². The standard InChI is InChI=1S/C18H13ClF3N3O3S/c1-29(26,27)25(12-5-3-2-4-6-12)13-9-16(19)24-17(10-13)28-14-7-8-15(23-11-14)18(20,21)22/h2-11H,1H3. The van der Waals surface area contributed by atoms with Crippen molar-refractivity contribution in [1.29, 1.82) is 0 Å². The number of hydrogen-bond acceptors (Lipinski definition) is 5. The molecule has 0 amide bonds. The second kappa shape index (κ2) is 7.88. The predicted molar refractivity (Wildman–Crippen MR) is 102 cm³/mol. The van der Waals surface area contributed by atoms with E-state index < -0.39 is 21.9 Å². The van der Waals surface area contributed by atoms with Crippen LogP contribution in [0.3, 0.4) is 0 Å². The molecule has 0 saturated heterocycles. The first-order chi connectivity index (χ1) is 13.5. The van der Waals surface area contributed by atoms with E-state index in [1.54, 1.807) is 30.3 Å². The number of halogens is 4. The fraction of sp³-hybridized carbons (Fsp3) is 0.111. The number of anilines is 2. The summed E-state index contributed by atoms with van der Waals surface area (Å²) in [5.74, 6) is -0.136. The summed E-state index contributed by atoms with van der Waals surface area (Å²) >= 11 is 6.01. The Labute approximate surface area is 169 Å². The van der Waals surface area contributed by atoms with Gasteiger partial charge in [0.25, 0.3) is 0 Å². The Hall–Kier alpha value is -2.85. The number of aromatic nitrogens is 2. The zero-order valence-electron chi connectivity index (χ0n) is 14.8. The Kier molecular flexibility index (Phi) is 5.67. The van der Waals surface area contributed by atoms with Crippen LogP contribution >= 0.6 is 11.6 Å². The van der Waals surface area contributed by atoms with Gasteiger partial charge in [0.1, 0.15) is 16.6 Å². The lowest BCUT2D eigenvalue weighted by atomic mass is 10.3. The van der Waals surface area contributed by atoms with Crippen molar-refractivity contribution in [2.24, 2.45) is 0 Å². The highest BCUT2D eigenvalue weighted by molar-refractivity contribution is 7.92. The van der Waals surface area contributed by atoms with Gasteiger partial charge in [0.15, 0.2) is 0 Å². The Morgan fingerprint density at radius 2 is 1.72 bits per heavy atom. The quantitative estimate of drug-likeness (QED) is 0.517. The van der Waals surface area contributed by atoms with Crippen LogP contribution in [0.15, 0.2) is 60.8 Å². The first kappa shape index (κ1) is 20.9. The highest BCUT2D eigenvalue weighted by Crippen LogP contribution is 2.34. The van der Waals surface area contributed by atoms with E-state index in [2.05, 4.69) is 9.97 Å². The average molecular weight is 444 g/mol. The maximum absolute atomic E-state index is 12.6. The predicted octanol–water partition coefficient (Wildman–Crippen LogP) is 5.04. The van der Waals surface area contributed by atoms with Gasteiger partial charge in [-0.1, -0.05) is 29.8 Å². The zero-order chi connectivity index (χ0) is 21.2. The van der Waals surface area contributed by atoms with Gasteiger partial charge in [-0.05, 0) is 24.3 Å². The third kappa shape index (κ3) is 5.15. The second-order valence-corrected chi connectivity index (χ2v) is 8.05. The van der Waals surface area contributed by atoms with E-state index in [4.69, 9.17) is 16.3 Å². The number of hydrogen-bond donors (Lipinski definition) is 0. The molecule has 29 heavy (non-hydrogen) atoms. The van der Waals surface area contributed by atoms with Gasteiger partial charge in [-0.2, -0.15) is 13.2 Å². The molecule has 152 valence electrons. The van der Waals surface area contributed by atoms with Gasteiger partial charge < -0.3 is 4.74 Å². The highest BCUT2D eigenvalue weighted by Gasteiger charge is 2.32. The number of benzene rings is 1. The van der Waals surface area contributed by atoms with Crippen molar-refractivity contribution >= 4 is 33.0 Å². The molecule has 11 heteroatoms. The molecule has 0 radical (unpaired) electrons. The van der Waals surface area contributed by atoms with Crippen LogP contribution in [0.1, 0.15) is 5.69 Å². The van der Waals surface area contributed by atoms with Crippen LogP contribution < -0.4 is 9.04 Å². The van der Waals surface area contributed by atoms with E-state index >= 15 is 0 Å². The summed E-state index contributed by atoms with van der Waals surface area (Å²) in [7, 11) is -3.75. The van der Waals surface area contributed by atoms with Crippen molar-refractivity contribution < 1.29 is 26.3 Å². The monoisotopic (exact) mass is 443 g/mol. The van der Waals surface area contributed by atoms with Gasteiger partial charge >= 0.3 is 6.18 Å². The van der Waals surface area contributed by atoms with E-state index in [9.17, 15) is 21.6 Å². The number of para-hydroxylation sites is 1. The van der Waals surface area contributed by atoms with E-state index in [0.717, 1.165) is 28.9 Å². The Balaban J connectivity index is 1.97. The number of pyridine rings is 2. The molecule has 3 aromatic rings. The lowest BCUT2D eigenvalue weighted by Gasteiger charge is -2.23. The molecule has 2 heterocycles. The Morgan fingerprint density at radius 3 is 2.28 bits per heavy atom. The molecule has 0 N–H and O–H groups in total. The van der Waals surface area contributed by atoms with Gasteiger partial charge in [-0.3, -0.25) is 0 Å². The number of rotatable bonds is 5. The SMILES string of the molecule is CS(=O)(=O)N(c1ccccc1)c1cc(Cl)nc(Oc2ccc(C(F)(F)F)nc2)c1. The lowest BCUT2D eigenvalue weighted by Crippen LogP contribution is -2.24. The van der Waals surface area contributed by atoms with Gasteiger partial charge in [-0.15, -0.1) is 0 Å². The number of sulfonamides is 1. The molecular formula is C18H13ClF3N3O3S. The number of nitrogens with zero attached hydrogens (tertiary/aromatic N) is 3. The first-order valence-corrected chi connectivity index (χ1v) is 10.2. The summed E-state index contributed by atoms with van der Waals surface area (Å²) in [4.78, 5) is 7.23. The molecule has 6 nitrogen and oxygen atoms in total. The molecule has 0 spiro atoms. The average Bonchev–Trinajstić information content (AvgIpc) is 2.61. The molecule has 2 aromatic heterocycles. The normalized spacial score (nSPS) is 11.9. The van der Waals surface area contributed by atoms with Crippen LogP contribution in [0, 0.1) is 0 Å². The van der Waals surface area contributed by atoms with Crippen molar-refractivity contribution in [3.05, 3.63) is 71.6 Å². The largest absolute Gasteiger partial charge is 0.437 e. The molecule has 0 aliphatic heterocycles. The molecule has 0 fully saturated rings. The van der Waals surface area contributed by atoms with Crippen LogP contribution in [-0.4, -0.2) is 24.6 Å². The fourth-order valence-corrected chi connectivity index (χ4v) is 3.64. The molecule has 0 unspecified atom stereocenters. The summed E-state index contributed by atoms with van der Waals surface area (Å²) in [5.41, 5.74) is -0.565. The fourth-order valence-electron chi connectivity index (χ4n) is 2.45. The van der Waals surface area contributed by atoms with E-state index in [0.29, 0.717) is 5.69 Å². The van der Waals surface area contributed by atoms with Gasteiger partial charge in [0.05, 0.1) is 23.8 Å². The second-order valence-electron chi connectivity index (χ2n) is 5.83. The summed E-state index contributed by atoms with van der Waals surface area (Å²) < 4.78 is 69.0. The Bertz CT molecular complexity index is 1110. The minimum atomic E-state index is -4.58. The number of alkyl halides is 3. The van der Waals surface area contributed by atoms with Crippen molar-refractivity contribution in [1.82, 2.24) is 9.97 Å². The van der Waals surface area contributed by atoms with Crippen molar-refractivity contribution in [2.75, 3.05) is 10.6 Å². The Morgan fingerprint density at radius 1 is 1.03 bits per heavy atom. The maximum Gasteiger partial charge on any atom is 0.433 e. The van der Waals surface area contributed by atoms with E-state index in [1.807, 2.05) is 0 Å². The van der Waals surface area contributed by atoms with Crippen LogP contribution in [0.2, 0.25) is 5.15 Å². The molecule has 0 aliphatic rings. The summed E-state index contributed by atoms with van der Waals surface area (Å²) in [6.07, 6.45) is -2.67. The molecule has 0 bridgehead atoms. The van der Waals surface area contributed by atoms with Crippen LogP contribution in [-0.2, 0) is 16.2 Å². The van der Waals surface area contributed by atoms with Crippen LogP contribution in [0.4, 0.5) is 24.5 Å². The highest BCUT2D eigenvalue weighted by atomic mass is 35.5. The van der Waals surface area contributed by atoms with Gasteiger partial charge in [0.2, 0.25) is 15.9 Å². The van der Waals surface area contributed by atoms with Crippen molar-refractivity contribution in [2.45, 2.75) is 6.18 Å². The topological polar surface area (TPSA) is 72.4 Å². The molecular weight excluding hydrogens is 431 g/mol. The molecule has 0 saturated carbocycles. The third-order valence-electron chi connectivity index (χ3n) is 3.56. The molecule has 0 aliphatic carbocycles. The molecule has 1 aromatic carbocycles. The van der Waals surface area contributed by atoms with Gasteiger partial charge in [-0.25, -0.2) is 22.7 Å². The van der Waals surface area contributed by atoms with Gasteiger partial charge in [0, 0.05) is 12.1 Å². The van der Waals surface area contributed by atoms with Crippen LogP contribution in [0.5, 0.6) is 11.6 Å². The smallest absolute Gasteiger partial charge is 0.433 e. The third-order valence-corrected chi connectivity index (χ3v) is 4.84. The summed E-state index contributed by atoms with van der Waals surface area (Å²) in [6, 6.07) is 12.7. The van der Waals surface area contributed by atoms with Crippen molar-refractivity contribution in [3.8, 4) is 11.6 Å². The van der Waals surface area contributed by atoms with Crippen molar-refractivity contribution in [3.63, 3.8) is 0 Å². The lowest BCUT2D eigenvalue weighted by molar-refractivity contribution is -0.141.